The van der Waals surface area contributed by atoms with Crippen molar-refractivity contribution in [3.05, 3.63) is 42.1 Å². The van der Waals surface area contributed by atoms with Crippen LogP contribution < -0.4 is 4.74 Å². The number of likely N-dealkylation sites (tertiary alicyclic amines) is 1. The third-order valence-corrected chi connectivity index (χ3v) is 4.96. The van der Waals surface area contributed by atoms with Gasteiger partial charge in [0.25, 0.3) is 5.88 Å². The van der Waals surface area contributed by atoms with Crippen LogP contribution in [0.1, 0.15) is 24.8 Å². The Balaban J connectivity index is 1.38. The van der Waals surface area contributed by atoms with Crippen molar-refractivity contribution in [1.29, 1.82) is 0 Å². The topological polar surface area (TPSA) is 52.4 Å². The van der Waals surface area contributed by atoms with Crippen molar-refractivity contribution >= 4 is 0 Å². The lowest BCUT2D eigenvalue weighted by molar-refractivity contribution is -0.0538. The van der Waals surface area contributed by atoms with E-state index in [2.05, 4.69) is 15.0 Å². The van der Waals surface area contributed by atoms with Gasteiger partial charge in [-0.1, -0.05) is 0 Å². The summed E-state index contributed by atoms with van der Waals surface area (Å²) in [7, 11) is 1.93. The highest BCUT2D eigenvalue weighted by atomic mass is 19.1. The van der Waals surface area contributed by atoms with Crippen molar-refractivity contribution in [1.82, 2.24) is 19.7 Å². The first-order valence-electron chi connectivity index (χ1n) is 8.73. The number of hydrogen-bond acceptors (Lipinski definition) is 5. The Labute approximate surface area is 146 Å². The Hall–Kier alpha value is -1.99. The monoisotopic (exact) mass is 346 g/mol. The molecule has 0 saturated carbocycles. The maximum atomic E-state index is 13.7. The molecule has 1 spiro atoms. The zero-order valence-electron chi connectivity index (χ0n) is 14.4. The molecule has 2 saturated heterocycles. The van der Waals surface area contributed by atoms with Gasteiger partial charge >= 0.3 is 0 Å². The molecule has 0 radical (unpaired) electrons. The summed E-state index contributed by atoms with van der Waals surface area (Å²) in [5, 5.41) is 4.23. The van der Waals surface area contributed by atoms with Crippen LogP contribution in [0.4, 0.5) is 4.39 Å². The van der Waals surface area contributed by atoms with Crippen LogP contribution in [0.15, 0.2) is 30.7 Å². The van der Waals surface area contributed by atoms with Crippen LogP contribution in [0, 0.1) is 5.82 Å². The Morgan fingerprint density at radius 1 is 1.48 bits per heavy atom. The summed E-state index contributed by atoms with van der Waals surface area (Å²) in [6.45, 7) is 3.28. The Kier molecular flexibility index (Phi) is 4.43. The number of rotatable bonds is 4. The average molecular weight is 346 g/mol. The Bertz CT molecular complexity index is 737. The van der Waals surface area contributed by atoms with Gasteiger partial charge in [0.1, 0.15) is 6.10 Å². The smallest absolute Gasteiger partial charge is 0.250 e. The lowest BCUT2D eigenvalue weighted by Crippen LogP contribution is -2.47. The molecule has 0 bridgehead atoms. The fraction of sp³-hybridized carbons (Fsp3) is 0.556. The molecule has 2 aromatic rings. The van der Waals surface area contributed by atoms with Crippen LogP contribution in [0.25, 0.3) is 0 Å². The van der Waals surface area contributed by atoms with Crippen molar-refractivity contribution in [3.63, 3.8) is 0 Å². The molecule has 0 N–H and O–H groups in total. The molecule has 0 amide bonds. The van der Waals surface area contributed by atoms with Gasteiger partial charge in [0.05, 0.1) is 18.4 Å². The molecule has 6 nitrogen and oxygen atoms in total. The van der Waals surface area contributed by atoms with E-state index in [1.165, 1.54) is 11.6 Å². The van der Waals surface area contributed by atoms with E-state index in [0.717, 1.165) is 38.9 Å². The zero-order chi connectivity index (χ0) is 17.3. The van der Waals surface area contributed by atoms with Crippen molar-refractivity contribution in [2.75, 3.05) is 19.7 Å². The van der Waals surface area contributed by atoms with Gasteiger partial charge in [0, 0.05) is 44.5 Å². The van der Waals surface area contributed by atoms with Gasteiger partial charge in [0.15, 0.2) is 5.82 Å². The highest BCUT2D eigenvalue weighted by Crippen LogP contribution is 2.36. The summed E-state index contributed by atoms with van der Waals surface area (Å²) in [5.74, 6) is -0.360. The highest BCUT2D eigenvalue weighted by molar-refractivity contribution is 5.14. The van der Waals surface area contributed by atoms with Crippen molar-refractivity contribution < 1.29 is 13.9 Å². The predicted octanol–water partition coefficient (Wildman–Crippen LogP) is 2.16. The largest absolute Gasteiger partial charge is 0.470 e. The Morgan fingerprint density at radius 3 is 3.20 bits per heavy atom. The number of halogens is 1. The van der Waals surface area contributed by atoms with Gasteiger partial charge in [-0.05, 0) is 31.5 Å². The first-order chi connectivity index (χ1) is 12.1. The molecule has 0 aromatic carbocycles. The molecule has 0 aliphatic carbocycles. The number of piperidine rings is 1. The first kappa shape index (κ1) is 16.5. The molecule has 7 heteroatoms. The summed E-state index contributed by atoms with van der Waals surface area (Å²) >= 11 is 0. The number of aryl methyl sites for hydroxylation is 1. The zero-order valence-corrected chi connectivity index (χ0v) is 14.4. The van der Waals surface area contributed by atoms with Gasteiger partial charge in [-0.3, -0.25) is 9.58 Å². The van der Waals surface area contributed by atoms with E-state index in [0.29, 0.717) is 6.61 Å². The molecule has 134 valence electrons. The van der Waals surface area contributed by atoms with E-state index in [-0.39, 0.29) is 17.6 Å². The second-order valence-electron chi connectivity index (χ2n) is 7.06. The molecule has 4 rings (SSSR count). The number of nitrogens with zero attached hydrogens (tertiary/aromatic N) is 4. The van der Waals surface area contributed by atoms with E-state index in [1.807, 2.05) is 24.1 Å². The number of aromatic nitrogens is 3. The minimum Gasteiger partial charge on any atom is -0.470 e. The van der Waals surface area contributed by atoms with E-state index in [9.17, 15) is 4.39 Å². The molecule has 2 aliphatic rings. The van der Waals surface area contributed by atoms with Crippen LogP contribution in [0.2, 0.25) is 0 Å². The predicted molar refractivity (Wildman–Crippen MR) is 89.6 cm³/mol. The van der Waals surface area contributed by atoms with Gasteiger partial charge < -0.3 is 9.47 Å². The normalized spacial score (nSPS) is 27.0. The lowest BCUT2D eigenvalue weighted by Gasteiger charge is -2.39. The minimum atomic E-state index is -0.426. The third-order valence-electron chi connectivity index (χ3n) is 4.96. The summed E-state index contributed by atoms with van der Waals surface area (Å²) in [4.78, 5) is 6.38. The molecule has 0 unspecified atom stereocenters. The fourth-order valence-corrected chi connectivity index (χ4v) is 3.92. The SMILES string of the molecule is Cn1cc(CN2CCC[C@]3(C[C@H](Oc4ncccc4F)CO3)C2)cn1. The maximum absolute atomic E-state index is 13.7. The fourth-order valence-electron chi connectivity index (χ4n) is 3.92. The van der Waals surface area contributed by atoms with E-state index in [4.69, 9.17) is 9.47 Å². The summed E-state index contributed by atoms with van der Waals surface area (Å²) < 4.78 is 27.5. The van der Waals surface area contributed by atoms with Crippen molar-refractivity contribution in [2.24, 2.45) is 7.05 Å². The number of hydrogen-bond donors (Lipinski definition) is 0. The van der Waals surface area contributed by atoms with E-state index in [1.54, 1.807) is 12.3 Å². The van der Waals surface area contributed by atoms with Crippen LogP contribution >= 0.6 is 0 Å². The van der Waals surface area contributed by atoms with Gasteiger partial charge in [-0.25, -0.2) is 9.37 Å². The maximum Gasteiger partial charge on any atom is 0.250 e. The molecule has 2 aromatic heterocycles. The van der Waals surface area contributed by atoms with Gasteiger partial charge in [0.2, 0.25) is 0 Å². The highest BCUT2D eigenvalue weighted by Gasteiger charge is 2.44. The first-order valence-corrected chi connectivity index (χ1v) is 8.73. The van der Waals surface area contributed by atoms with E-state index >= 15 is 0 Å². The van der Waals surface area contributed by atoms with Crippen LogP contribution in [-0.2, 0) is 18.3 Å². The summed E-state index contributed by atoms with van der Waals surface area (Å²) in [5.41, 5.74) is 1.01. The molecule has 2 fully saturated rings. The average Bonchev–Trinajstić information content (AvgIpc) is 3.16. The van der Waals surface area contributed by atoms with Crippen LogP contribution in [-0.4, -0.2) is 51.1 Å². The second kappa shape index (κ2) is 6.72. The standard InChI is InChI=1S/C18H23FN4O2/c1-22-10-14(9-21-22)11-23-7-3-5-18(13-23)8-15(12-24-18)25-17-16(19)4-2-6-20-17/h2,4,6,9-10,15H,3,5,7-8,11-13H2,1H3/t15-,18-/m0/s1. The Morgan fingerprint density at radius 2 is 2.40 bits per heavy atom. The second-order valence-corrected chi connectivity index (χ2v) is 7.06. The van der Waals surface area contributed by atoms with Crippen molar-refractivity contribution in [2.45, 2.75) is 37.5 Å². The molecular weight excluding hydrogens is 323 g/mol. The number of pyridine rings is 1. The summed E-state index contributed by atoms with van der Waals surface area (Å²) in [6.07, 6.45) is 8.22. The molecule has 25 heavy (non-hydrogen) atoms. The summed E-state index contributed by atoms with van der Waals surface area (Å²) in [6, 6.07) is 2.93. The van der Waals surface area contributed by atoms with Gasteiger partial charge in [-0.2, -0.15) is 5.10 Å². The molecule has 2 aliphatic heterocycles. The van der Waals surface area contributed by atoms with Crippen molar-refractivity contribution in [3.8, 4) is 5.88 Å². The lowest BCUT2D eigenvalue weighted by atomic mass is 9.89. The van der Waals surface area contributed by atoms with Gasteiger partial charge in [-0.15, -0.1) is 0 Å². The molecular formula is C18H23FN4O2. The molecule has 2 atom stereocenters. The van der Waals surface area contributed by atoms with Crippen LogP contribution in [0.3, 0.4) is 0 Å². The minimum absolute atomic E-state index is 0.0659. The molecule has 4 heterocycles. The van der Waals surface area contributed by atoms with E-state index < -0.39 is 5.82 Å². The third kappa shape index (κ3) is 3.67. The number of ether oxygens (including phenoxy) is 2. The van der Waals surface area contributed by atoms with Crippen LogP contribution in [0.5, 0.6) is 5.88 Å². The quantitative estimate of drug-likeness (QED) is 0.849.